The second-order valence-electron chi connectivity index (χ2n) is 11.7. The van der Waals surface area contributed by atoms with Crippen LogP contribution in [0.15, 0.2) is 42.5 Å². The molecule has 2 unspecified atom stereocenters. The van der Waals surface area contributed by atoms with Crippen LogP contribution in [-0.2, 0) is 14.3 Å². The summed E-state index contributed by atoms with van der Waals surface area (Å²) in [6, 6.07) is 10.3. The molecule has 0 saturated heterocycles. The Hall–Kier alpha value is -3.50. The lowest BCUT2D eigenvalue weighted by molar-refractivity contribution is -0.146. The van der Waals surface area contributed by atoms with Crippen LogP contribution in [0.25, 0.3) is 0 Å². The highest BCUT2D eigenvalue weighted by Gasteiger charge is 2.43. The standard InChI is InChI=1S/C32H40ClN3O4/c1-8-22-14-9-10-17-24(22)28(29(37)35-27-21(4)13-11-18-25(27)33)36(23-15-12-16-23)30(38)26(19-20(2)3)34-31(39)40-32(5,6)7/h1,9-11,13-14,17-18,20,23,26,28H,12,15-16,19H2,2-7H3,(H,34,39)(H,35,37). The summed E-state index contributed by atoms with van der Waals surface area (Å²) in [5.74, 6) is 1.97. The van der Waals surface area contributed by atoms with Crippen LogP contribution in [0.1, 0.15) is 83.0 Å². The van der Waals surface area contributed by atoms with Gasteiger partial charge in [-0.3, -0.25) is 9.59 Å². The number of terminal acetylenes is 1. The number of amides is 3. The van der Waals surface area contributed by atoms with E-state index in [0.717, 1.165) is 24.8 Å². The third-order valence-corrected chi connectivity index (χ3v) is 7.14. The maximum Gasteiger partial charge on any atom is 0.408 e. The van der Waals surface area contributed by atoms with Crippen LogP contribution in [0, 0.1) is 25.2 Å². The molecule has 0 heterocycles. The highest BCUT2D eigenvalue weighted by Crippen LogP contribution is 2.37. The van der Waals surface area contributed by atoms with Gasteiger partial charge in [0.2, 0.25) is 5.91 Å². The molecule has 0 spiro atoms. The van der Waals surface area contributed by atoms with E-state index in [1.165, 1.54) is 0 Å². The van der Waals surface area contributed by atoms with Gasteiger partial charge in [-0.2, -0.15) is 0 Å². The van der Waals surface area contributed by atoms with Crippen LogP contribution in [0.3, 0.4) is 0 Å². The minimum atomic E-state index is -1.05. The first-order valence-electron chi connectivity index (χ1n) is 13.8. The molecule has 0 bridgehead atoms. The molecular weight excluding hydrogens is 526 g/mol. The molecule has 0 aromatic heterocycles. The molecule has 1 aliphatic carbocycles. The fraction of sp³-hybridized carbons (Fsp3) is 0.469. The molecule has 2 N–H and O–H groups in total. The number of benzene rings is 2. The van der Waals surface area contributed by atoms with E-state index >= 15 is 0 Å². The Morgan fingerprint density at radius 2 is 1.80 bits per heavy atom. The smallest absolute Gasteiger partial charge is 0.408 e. The number of nitrogens with one attached hydrogen (secondary N) is 2. The minimum Gasteiger partial charge on any atom is -0.444 e. The number of ether oxygens (including phenoxy) is 1. The van der Waals surface area contributed by atoms with Crippen LogP contribution < -0.4 is 10.6 Å². The summed E-state index contributed by atoms with van der Waals surface area (Å²) in [6.45, 7) is 11.1. The first-order valence-corrected chi connectivity index (χ1v) is 14.1. The van der Waals surface area contributed by atoms with Crippen LogP contribution in [0.4, 0.5) is 10.5 Å². The Kier molecular flexibility index (Phi) is 10.3. The SMILES string of the molecule is C#Cc1ccccc1C(C(=O)Nc1c(C)cccc1Cl)N(C(=O)C(CC(C)C)NC(=O)OC(C)(C)C)C1CCC1. The van der Waals surface area contributed by atoms with E-state index in [2.05, 4.69) is 16.6 Å². The average Bonchev–Trinajstić information content (AvgIpc) is 2.83. The lowest BCUT2D eigenvalue weighted by Gasteiger charge is -2.44. The summed E-state index contributed by atoms with van der Waals surface area (Å²) in [7, 11) is 0. The van der Waals surface area contributed by atoms with Crippen molar-refractivity contribution in [3.05, 3.63) is 64.2 Å². The number of nitrogens with zero attached hydrogens (tertiary/aromatic N) is 1. The maximum absolute atomic E-state index is 14.4. The van der Waals surface area contributed by atoms with Gasteiger partial charge in [0.25, 0.3) is 5.91 Å². The molecule has 1 aliphatic rings. The maximum atomic E-state index is 14.4. The Labute approximate surface area is 243 Å². The predicted molar refractivity (Wildman–Crippen MR) is 159 cm³/mol. The van der Waals surface area contributed by atoms with E-state index in [1.54, 1.807) is 56.0 Å². The van der Waals surface area contributed by atoms with Crippen LogP contribution in [-0.4, -0.2) is 40.5 Å². The van der Waals surface area contributed by atoms with Gasteiger partial charge in [-0.05, 0) is 82.6 Å². The summed E-state index contributed by atoms with van der Waals surface area (Å²) in [5.41, 5.74) is 1.58. The molecule has 3 rings (SSSR count). The molecular formula is C32H40ClN3O4. The van der Waals surface area contributed by atoms with Crippen molar-refractivity contribution in [2.24, 2.45) is 5.92 Å². The van der Waals surface area contributed by atoms with E-state index in [1.807, 2.05) is 32.9 Å². The summed E-state index contributed by atoms with van der Waals surface area (Å²) >= 11 is 6.45. The largest absolute Gasteiger partial charge is 0.444 e. The van der Waals surface area contributed by atoms with Gasteiger partial charge in [0, 0.05) is 11.6 Å². The molecule has 0 radical (unpaired) electrons. The average molecular weight is 566 g/mol. The highest BCUT2D eigenvalue weighted by atomic mass is 35.5. The van der Waals surface area contributed by atoms with Gasteiger partial charge in [0.05, 0.1) is 10.7 Å². The van der Waals surface area contributed by atoms with Crippen LogP contribution >= 0.6 is 11.6 Å². The van der Waals surface area contributed by atoms with E-state index < -0.39 is 29.7 Å². The Balaban J connectivity index is 2.10. The number of carbonyl (C=O) groups is 3. The normalized spacial score (nSPS) is 14.9. The summed E-state index contributed by atoms with van der Waals surface area (Å²) < 4.78 is 5.47. The second-order valence-corrected chi connectivity index (χ2v) is 12.1. The molecule has 2 aromatic carbocycles. The fourth-order valence-corrected chi connectivity index (χ4v) is 5.04. The summed E-state index contributed by atoms with van der Waals surface area (Å²) in [6.07, 6.45) is 7.95. The summed E-state index contributed by atoms with van der Waals surface area (Å²) in [5, 5.41) is 6.15. The number of halogens is 1. The second kappa shape index (κ2) is 13.2. The highest BCUT2D eigenvalue weighted by molar-refractivity contribution is 6.34. The van der Waals surface area contributed by atoms with E-state index in [-0.39, 0.29) is 17.9 Å². The van der Waals surface area contributed by atoms with E-state index in [0.29, 0.717) is 28.3 Å². The number of hydrogen-bond acceptors (Lipinski definition) is 4. The Bertz CT molecular complexity index is 1250. The van der Waals surface area contributed by atoms with Crippen molar-refractivity contribution in [1.29, 1.82) is 0 Å². The zero-order chi connectivity index (χ0) is 29.6. The van der Waals surface area contributed by atoms with Gasteiger partial charge in [-0.1, -0.05) is 61.7 Å². The number of carbonyl (C=O) groups excluding carboxylic acids is 3. The third kappa shape index (κ3) is 7.79. The molecule has 8 heteroatoms. The molecule has 40 heavy (non-hydrogen) atoms. The molecule has 1 saturated carbocycles. The van der Waals surface area contributed by atoms with Gasteiger partial charge < -0.3 is 20.3 Å². The van der Waals surface area contributed by atoms with Crippen molar-refractivity contribution in [3.8, 4) is 12.3 Å². The predicted octanol–water partition coefficient (Wildman–Crippen LogP) is 6.63. The number of anilines is 1. The monoisotopic (exact) mass is 565 g/mol. The third-order valence-electron chi connectivity index (χ3n) is 6.83. The lowest BCUT2D eigenvalue weighted by Crippen LogP contribution is -2.57. The Morgan fingerprint density at radius 3 is 2.35 bits per heavy atom. The van der Waals surface area contributed by atoms with E-state index in [9.17, 15) is 14.4 Å². The quantitative estimate of drug-likeness (QED) is 0.334. The fourth-order valence-electron chi connectivity index (χ4n) is 4.77. The first-order chi connectivity index (χ1) is 18.8. The summed E-state index contributed by atoms with van der Waals surface area (Å²) in [4.78, 5) is 43.0. The van der Waals surface area contributed by atoms with Crippen molar-refractivity contribution in [2.75, 3.05) is 5.32 Å². The van der Waals surface area contributed by atoms with Crippen molar-refractivity contribution in [2.45, 2.75) is 91.0 Å². The number of alkyl carbamates (subject to hydrolysis) is 1. The molecule has 3 amide bonds. The van der Waals surface area contributed by atoms with Crippen LogP contribution in [0.5, 0.6) is 0 Å². The van der Waals surface area contributed by atoms with Crippen LogP contribution in [0.2, 0.25) is 5.02 Å². The van der Waals surface area contributed by atoms with Gasteiger partial charge >= 0.3 is 6.09 Å². The van der Waals surface area contributed by atoms with Gasteiger partial charge in [0.15, 0.2) is 0 Å². The molecule has 2 aromatic rings. The van der Waals surface area contributed by atoms with Gasteiger partial charge in [-0.15, -0.1) is 6.42 Å². The molecule has 2 atom stereocenters. The van der Waals surface area contributed by atoms with Crippen molar-refractivity contribution in [1.82, 2.24) is 10.2 Å². The lowest BCUT2D eigenvalue weighted by atomic mass is 9.86. The van der Waals surface area contributed by atoms with Crippen molar-refractivity contribution in [3.63, 3.8) is 0 Å². The minimum absolute atomic E-state index is 0.0863. The molecule has 7 nitrogen and oxygen atoms in total. The van der Waals surface area contributed by atoms with E-state index in [4.69, 9.17) is 22.8 Å². The topological polar surface area (TPSA) is 87.7 Å². The number of aryl methyl sites for hydroxylation is 1. The van der Waals surface area contributed by atoms with Crippen molar-refractivity contribution >= 4 is 35.2 Å². The number of hydrogen-bond donors (Lipinski definition) is 2. The zero-order valence-electron chi connectivity index (χ0n) is 24.2. The molecule has 0 aliphatic heterocycles. The molecule has 1 fully saturated rings. The zero-order valence-corrected chi connectivity index (χ0v) is 25.0. The number of para-hydroxylation sites is 1. The Morgan fingerprint density at radius 1 is 1.12 bits per heavy atom. The molecule has 214 valence electrons. The number of rotatable bonds is 9. The van der Waals surface area contributed by atoms with Gasteiger partial charge in [-0.25, -0.2) is 4.79 Å². The first kappa shape index (κ1) is 31.0. The van der Waals surface area contributed by atoms with Crippen molar-refractivity contribution < 1.29 is 19.1 Å². The van der Waals surface area contributed by atoms with Gasteiger partial charge in [0.1, 0.15) is 17.7 Å².